The van der Waals surface area contributed by atoms with E-state index in [1.165, 1.54) is 32.7 Å². The highest BCUT2D eigenvalue weighted by atomic mass is 15.0. The normalized spacial score (nSPS) is 18.4. The van der Waals surface area contributed by atoms with Gasteiger partial charge in [0.15, 0.2) is 0 Å². The summed E-state index contributed by atoms with van der Waals surface area (Å²) in [4.78, 5) is 0. The van der Waals surface area contributed by atoms with E-state index in [1.807, 2.05) is 0 Å². The molecule has 0 N–H and O–H groups in total. The zero-order valence-electron chi connectivity index (χ0n) is 15.3. The molecule has 3 aromatic carbocycles. The van der Waals surface area contributed by atoms with Crippen LogP contribution in [0.5, 0.6) is 0 Å². The zero-order valence-corrected chi connectivity index (χ0v) is 15.3. The molecule has 1 heteroatoms. The molecule has 5 rings (SSSR count). The molecule has 0 saturated heterocycles. The fourth-order valence-corrected chi connectivity index (χ4v) is 4.11. The summed E-state index contributed by atoms with van der Waals surface area (Å²) >= 11 is 0. The van der Waals surface area contributed by atoms with Crippen molar-refractivity contribution in [1.82, 2.24) is 4.57 Å². The molecule has 1 aromatic heterocycles. The van der Waals surface area contributed by atoms with Gasteiger partial charge >= 0.3 is 0 Å². The second kappa shape index (κ2) is 6.14. The van der Waals surface area contributed by atoms with Crippen molar-refractivity contribution in [3.63, 3.8) is 0 Å². The molecule has 0 spiro atoms. The maximum atomic E-state index is 2.41. The number of allylic oxidation sites excluding steroid dienone is 2. The topological polar surface area (TPSA) is 4.93 Å². The predicted molar refractivity (Wildman–Crippen MR) is 114 cm³/mol. The first-order valence-electron chi connectivity index (χ1n) is 9.39. The van der Waals surface area contributed by atoms with Gasteiger partial charge in [-0.15, -0.1) is 0 Å². The second-order valence-electron chi connectivity index (χ2n) is 7.31. The summed E-state index contributed by atoms with van der Waals surface area (Å²) in [6.07, 6.45) is 9.16. The third-order valence-electron chi connectivity index (χ3n) is 5.50. The highest BCUT2D eigenvalue weighted by Gasteiger charge is 2.23. The van der Waals surface area contributed by atoms with Gasteiger partial charge in [0.2, 0.25) is 0 Å². The zero-order chi connectivity index (χ0) is 18.3. The molecule has 0 amide bonds. The number of benzene rings is 3. The Balaban J connectivity index is 1.92. The summed E-state index contributed by atoms with van der Waals surface area (Å²) < 4.78 is 2.38. The number of rotatable bonds is 2. The molecule has 130 valence electrons. The molecule has 1 aliphatic carbocycles. The van der Waals surface area contributed by atoms with E-state index >= 15 is 0 Å². The summed E-state index contributed by atoms with van der Waals surface area (Å²) in [6, 6.07) is 30.0. The number of para-hydroxylation sites is 2. The van der Waals surface area contributed by atoms with Gasteiger partial charge in [-0.1, -0.05) is 85.0 Å². The van der Waals surface area contributed by atoms with Crippen LogP contribution in [0, 0.1) is 0 Å². The Bertz CT molecular complexity index is 1260. The second-order valence-corrected chi connectivity index (χ2v) is 7.31. The summed E-state index contributed by atoms with van der Waals surface area (Å²) in [5.41, 5.74) is 3.57. The van der Waals surface area contributed by atoms with Gasteiger partial charge in [0.05, 0.1) is 10.9 Å². The van der Waals surface area contributed by atoms with Crippen molar-refractivity contribution in [2.24, 2.45) is 0 Å². The molecule has 0 radical (unpaired) electrons. The highest BCUT2D eigenvalue weighted by molar-refractivity contribution is 5.85. The molecule has 1 atom stereocenters. The standard InChI is InChI=1S/C26H21N/c1-26(20-11-4-2-5-12-20)18-10-16-23-22-15-8-9-17-24(22)27(25(23)19-26)21-13-6-3-7-14-21/h2-19H,1H3. The van der Waals surface area contributed by atoms with Crippen LogP contribution in [0.25, 0.3) is 28.7 Å². The van der Waals surface area contributed by atoms with Gasteiger partial charge < -0.3 is 4.57 Å². The minimum Gasteiger partial charge on any atom is -0.310 e. The first kappa shape index (κ1) is 15.9. The van der Waals surface area contributed by atoms with Crippen molar-refractivity contribution >= 4 is 23.1 Å². The molecule has 27 heavy (non-hydrogen) atoms. The average Bonchev–Trinajstić information content (AvgIpc) is 2.90. The molecule has 4 aromatic rings. The summed E-state index contributed by atoms with van der Waals surface area (Å²) in [7, 11) is 0. The van der Waals surface area contributed by atoms with Crippen LogP contribution < -0.4 is 10.6 Å². The van der Waals surface area contributed by atoms with Gasteiger partial charge in [-0.25, -0.2) is 0 Å². The molecule has 1 nitrogen and oxygen atoms in total. The number of fused-ring (bicyclic) bond motifs is 3. The quantitative estimate of drug-likeness (QED) is 0.494. The smallest absolute Gasteiger partial charge is 0.0540 e. The van der Waals surface area contributed by atoms with Gasteiger partial charge in [0.25, 0.3) is 0 Å². The van der Waals surface area contributed by atoms with Crippen LogP contribution in [-0.4, -0.2) is 4.57 Å². The minimum atomic E-state index is -0.163. The Morgan fingerprint density at radius 3 is 2.19 bits per heavy atom. The van der Waals surface area contributed by atoms with Gasteiger partial charge in [-0.3, -0.25) is 0 Å². The van der Waals surface area contributed by atoms with E-state index in [9.17, 15) is 0 Å². The first-order valence-corrected chi connectivity index (χ1v) is 9.39. The molecule has 0 saturated carbocycles. The number of hydrogen-bond donors (Lipinski definition) is 0. The Labute approximate surface area is 159 Å². The number of nitrogens with zero attached hydrogens (tertiary/aromatic N) is 1. The van der Waals surface area contributed by atoms with Crippen LogP contribution in [0.15, 0.2) is 97.1 Å². The van der Waals surface area contributed by atoms with Crippen LogP contribution in [0.3, 0.4) is 0 Å². The molecular weight excluding hydrogens is 326 g/mol. The highest BCUT2D eigenvalue weighted by Crippen LogP contribution is 2.28. The Morgan fingerprint density at radius 2 is 1.41 bits per heavy atom. The summed E-state index contributed by atoms with van der Waals surface area (Å²) in [5, 5.41) is 3.82. The molecule has 1 aliphatic rings. The van der Waals surface area contributed by atoms with Gasteiger partial charge in [0, 0.05) is 21.7 Å². The van der Waals surface area contributed by atoms with Crippen LogP contribution in [0.4, 0.5) is 0 Å². The molecule has 1 unspecified atom stereocenters. The van der Waals surface area contributed by atoms with E-state index in [-0.39, 0.29) is 5.41 Å². The van der Waals surface area contributed by atoms with Crippen LogP contribution in [-0.2, 0) is 5.41 Å². The monoisotopic (exact) mass is 347 g/mol. The number of aromatic nitrogens is 1. The lowest BCUT2D eigenvalue weighted by Crippen LogP contribution is -2.31. The lowest BCUT2D eigenvalue weighted by atomic mass is 9.82. The molecular formula is C26H21N. The lowest BCUT2D eigenvalue weighted by Gasteiger charge is -2.22. The van der Waals surface area contributed by atoms with Crippen molar-refractivity contribution in [2.75, 3.05) is 0 Å². The minimum absolute atomic E-state index is 0.163. The van der Waals surface area contributed by atoms with E-state index in [4.69, 9.17) is 0 Å². The largest absolute Gasteiger partial charge is 0.310 e. The average molecular weight is 347 g/mol. The maximum absolute atomic E-state index is 2.41. The maximum Gasteiger partial charge on any atom is 0.0540 e. The molecule has 0 fully saturated rings. The van der Waals surface area contributed by atoms with Crippen molar-refractivity contribution in [2.45, 2.75) is 12.3 Å². The number of hydrogen-bond acceptors (Lipinski definition) is 0. The summed E-state index contributed by atoms with van der Waals surface area (Å²) in [6.45, 7) is 2.29. The van der Waals surface area contributed by atoms with Gasteiger partial charge in [-0.05, 0) is 36.8 Å². The predicted octanol–water partition coefficient (Wildman–Crippen LogP) is 4.72. The van der Waals surface area contributed by atoms with Gasteiger partial charge in [-0.2, -0.15) is 0 Å². The third-order valence-corrected chi connectivity index (χ3v) is 5.50. The SMILES string of the molecule is CC1(c2ccccc2)C=CC=c2c(n(-c3ccccc3)c3ccccc23)=C1. The molecule has 1 heterocycles. The van der Waals surface area contributed by atoms with Crippen molar-refractivity contribution in [3.05, 3.63) is 113 Å². The van der Waals surface area contributed by atoms with E-state index in [0.29, 0.717) is 0 Å². The fourth-order valence-electron chi connectivity index (χ4n) is 4.11. The van der Waals surface area contributed by atoms with E-state index < -0.39 is 0 Å². The van der Waals surface area contributed by atoms with Crippen LogP contribution in [0.1, 0.15) is 12.5 Å². The Morgan fingerprint density at radius 1 is 0.741 bits per heavy atom. The molecule has 0 aliphatic heterocycles. The van der Waals surface area contributed by atoms with Crippen LogP contribution >= 0.6 is 0 Å². The van der Waals surface area contributed by atoms with E-state index in [2.05, 4.69) is 121 Å². The van der Waals surface area contributed by atoms with E-state index in [0.717, 1.165) is 0 Å². The Hall–Kier alpha value is -3.32. The summed E-state index contributed by atoms with van der Waals surface area (Å²) in [5.74, 6) is 0. The third kappa shape index (κ3) is 2.55. The fraction of sp³-hybridized carbons (Fsp3) is 0.0769. The van der Waals surface area contributed by atoms with Crippen molar-refractivity contribution in [1.29, 1.82) is 0 Å². The lowest BCUT2D eigenvalue weighted by molar-refractivity contribution is 0.799. The van der Waals surface area contributed by atoms with E-state index in [1.54, 1.807) is 0 Å². The Kier molecular flexibility index (Phi) is 3.61. The molecule has 0 bridgehead atoms. The van der Waals surface area contributed by atoms with Crippen LogP contribution in [0.2, 0.25) is 0 Å². The van der Waals surface area contributed by atoms with Crippen molar-refractivity contribution in [3.8, 4) is 5.69 Å². The van der Waals surface area contributed by atoms with Crippen molar-refractivity contribution < 1.29 is 0 Å². The van der Waals surface area contributed by atoms with Gasteiger partial charge in [0.1, 0.15) is 0 Å². The first-order chi connectivity index (χ1) is 13.3.